The predicted molar refractivity (Wildman–Crippen MR) is 212 cm³/mol. The average molecular weight is 770 g/mol. The standard InChI is InChI=1S/C41H72NO10P/c1-3-5-7-9-11-13-15-17-19-21-23-25-27-29-31-33-40(44)52-37(35-50-53(47,48)51-36-38(42)41(45)46)34-49-39(43)32-30-28-26-24-22-20-18-16-14-12-10-8-6-4-2/h10-13,16-19,37-38H,3-9,14-15,20-36,42H2,1-2H3,(H,45,46)(H,47,48)/b12-10-,13-11-,18-16-,19-17-/t37-,38+/m1/s1. The van der Waals surface area contributed by atoms with Gasteiger partial charge in [0, 0.05) is 12.8 Å². The molecule has 0 heterocycles. The molecule has 0 saturated heterocycles. The molecule has 0 fully saturated rings. The maximum absolute atomic E-state index is 12.6. The Balaban J connectivity index is 4.47. The van der Waals surface area contributed by atoms with Gasteiger partial charge in [-0.1, -0.05) is 127 Å². The molecule has 12 heteroatoms. The van der Waals surface area contributed by atoms with Gasteiger partial charge in [0.05, 0.1) is 13.2 Å². The maximum atomic E-state index is 12.6. The molecule has 3 atom stereocenters. The lowest BCUT2D eigenvalue weighted by atomic mass is 10.1. The Kier molecular flexibility index (Phi) is 34.7. The minimum atomic E-state index is -4.72. The normalized spacial score (nSPS) is 14.3. The molecule has 11 nitrogen and oxygen atoms in total. The topological polar surface area (TPSA) is 172 Å². The molecule has 0 bridgehead atoms. The molecule has 0 saturated carbocycles. The van der Waals surface area contributed by atoms with Crippen LogP contribution in [0.5, 0.6) is 0 Å². The van der Waals surface area contributed by atoms with Gasteiger partial charge >= 0.3 is 25.7 Å². The summed E-state index contributed by atoms with van der Waals surface area (Å²) in [5.41, 5.74) is 5.32. The van der Waals surface area contributed by atoms with Crippen LogP contribution in [-0.2, 0) is 37.5 Å². The number of unbranched alkanes of at least 4 members (excludes halogenated alkanes) is 15. The lowest BCUT2D eigenvalue weighted by molar-refractivity contribution is -0.161. The summed E-state index contributed by atoms with van der Waals surface area (Å²) in [6, 6.07) is -1.53. The maximum Gasteiger partial charge on any atom is 0.472 e. The second-order valence-corrected chi connectivity index (χ2v) is 14.9. The number of carbonyl (C=O) groups excluding carboxylic acids is 2. The third-order valence-corrected chi connectivity index (χ3v) is 9.25. The van der Waals surface area contributed by atoms with Crippen molar-refractivity contribution >= 4 is 25.7 Å². The first-order chi connectivity index (χ1) is 25.6. The van der Waals surface area contributed by atoms with Gasteiger partial charge in [-0.15, -0.1) is 0 Å². The highest BCUT2D eigenvalue weighted by Gasteiger charge is 2.28. The van der Waals surface area contributed by atoms with E-state index in [1.807, 2.05) is 0 Å². The fourth-order valence-electron chi connectivity index (χ4n) is 5.05. The van der Waals surface area contributed by atoms with E-state index in [0.717, 1.165) is 89.9 Å². The van der Waals surface area contributed by atoms with Crippen molar-refractivity contribution in [3.8, 4) is 0 Å². The quantitative estimate of drug-likeness (QED) is 0.0238. The van der Waals surface area contributed by atoms with E-state index in [1.54, 1.807) is 0 Å². The molecule has 0 aliphatic carbocycles. The van der Waals surface area contributed by atoms with E-state index in [-0.39, 0.29) is 19.4 Å². The summed E-state index contributed by atoms with van der Waals surface area (Å²) in [5.74, 6) is -2.42. The molecule has 0 spiro atoms. The number of hydrogen-bond donors (Lipinski definition) is 3. The molecule has 0 aromatic rings. The van der Waals surface area contributed by atoms with Gasteiger partial charge in [-0.2, -0.15) is 0 Å². The zero-order valence-corrected chi connectivity index (χ0v) is 33.7. The van der Waals surface area contributed by atoms with Gasteiger partial charge in [-0.05, 0) is 70.6 Å². The van der Waals surface area contributed by atoms with Gasteiger partial charge in [-0.3, -0.25) is 23.4 Å². The Morgan fingerprint density at radius 1 is 0.585 bits per heavy atom. The second-order valence-electron chi connectivity index (χ2n) is 13.4. The van der Waals surface area contributed by atoms with Gasteiger partial charge in [0.1, 0.15) is 12.6 Å². The monoisotopic (exact) mass is 769 g/mol. The zero-order chi connectivity index (χ0) is 39.3. The Morgan fingerprint density at radius 2 is 1.02 bits per heavy atom. The van der Waals surface area contributed by atoms with Crippen molar-refractivity contribution in [2.75, 3.05) is 19.8 Å². The van der Waals surface area contributed by atoms with Gasteiger partial charge < -0.3 is 25.2 Å². The molecular weight excluding hydrogens is 697 g/mol. The molecule has 0 aromatic carbocycles. The zero-order valence-electron chi connectivity index (χ0n) is 32.8. The number of phosphoric ester groups is 1. The first kappa shape index (κ1) is 50.4. The van der Waals surface area contributed by atoms with Crippen molar-refractivity contribution in [3.63, 3.8) is 0 Å². The molecule has 306 valence electrons. The Labute approximate surface area is 320 Å². The first-order valence-corrected chi connectivity index (χ1v) is 21.7. The number of nitrogens with two attached hydrogens (primary N) is 1. The number of aliphatic carboxylic acids is 1. The molecule has 0 aliphatic heterocycles. The van der Waals surface area contributed by atoms with Crippen LogP contribution in [0.15, 0.2) is 48.6 Å². The number of allylic oxidation sites excluding steroid dienone is 8. The van der Waals surface area contributed by atoms with Gasteiger partial charge in [0.15, 0.2) is 6.10 Å². The van der Waals surface area contributed by atoms with Crippen LogP contribution in [0.25, 0.3) is 0 Å². The highest BCUT2D eigenvalue weighted by atomic mass is 31.2. The van der Waals surface area contributed by atoms with Crippen LogP contribution < -0.4 is 5.73 Å². The molecule has 4 N–H and O–H groups in total. The van der Waals surface area contributed by atoms with Crippen molar-refractivity contribution in [2.24, 2.45) is 5.73 Å². The summed E-state index contributed by atoms with van der Waals surface area (Å²) in [6.45, 7) is 2.69. The van der Waals surface area contributed by atoms with E-state index < -0.39 is 51.1 Å². The van der Waals surface area contributed by atoms with Crippen LogP contribution in [0.3, 0.4) is 0 Å². The highest BCUT2D eigenvalue weighted by molar-refractivity contribution is 7.47. The van der Waals surface area contributed by atoms with Gasteiger partial charge in [0.2, 0.25) is 0 Å². The molecule has 0 radical (unpaired) electrons. The molecular formula is C41H72NO10P. The summed E-state index contributed by atoms with van der Waals surface area (Å²) in [5, 5.41) is 8.87. The van der Waals surface area contributed by atoms with Crippen LogP contribution >= 0.6 is 7.82 Å². The number of rotatable bonds is 37. The van der Waals surface area contributed by atoms with Crippen LogP contribution in [0, 0.1) is 0 Å². The number of esters is 2. The Morgan fingerprint density at radius 3 is 1.53 bits per heavy atom. The SMILES string of the molecule is CCCC/C=C\C/C=C\CCCCCCCC(=O)OC[C@H](COP(=O)(O)OC[C@H](N)C(=O)O)OC(=O)CCCCCCC/C=C\C/C=C\CCCCC. The molecule has 1 unspecified atom stereocenters. The summed E-state index contributed by atoms with van der Waals surface area (Å²) in [4.78, 5) is 45.8. The van der Waals surface area contributed by atoms with Crippen LogP contribution in [0.4, 0.5) is 0 Å². The van der Waals surface area contributed by atoms with E-state index in [2.05, 4.69) is 67.0 Å². The van der Waals surface area contributed by atoms with Gasteiger partial charge in [0.25, 0.3) is 0 Å². The summed E-state index contributed by atoms with van der Waals surface area (Å²) >= 11 is 0. The number of carboxylic acids is 1. The first-order valence-electron chi connectivity index (χ1n) is 20.2. The van der Waals surface area contributed by atoms with Gasteiger partial charge in [-0.25, -0.2) is 4.57 Å². The van der Waals surface area contributed by atoms with Crippen LogP contribution in [-0.4, -0.2) is 59.9 Å². The number of carboxylic acid groups (broad SMARTS) is 1. The van der Waals surface area contributed by atoms with Crippen molar-refractivity contribution in [2.45, 2.75) is 174 Å². The summed E-state index contributed by atoms with van der Waals surface area (Å²) in [7, 11) is -4.72. The smallest absolute Gasteiger partial charge is 0.472 e. The number of phosphoric acid groups is 1. The van der Waals surface area contributed by atoms with Crippen molar-refractivity contribution in [3.05, 3.63) is 48.6 Å². The Bertz CT molecular complexity index is 1090. The molecule has 0 aromatic heterocycles. The lowest BCUT2D eigenvalue weighted by Crippen LogP contribution is -2.34. The van der Waals surface area contributed by atoms with Crippen LogP contribution in [0.2, 0.25) is 0 Å². The molecule has 0 amide bonds. The van der Waals surface area contributed by atoms with Crippen molar-refractivity contribution in [1.82, 2.24) is 0 Å². The van der Waals surface area contributed by atoms with E-state index in [0.29, 0.717) is 12.8 Å². The van der Waals surface area contributed by atoms with E-state index in [9.17, 15) is 23.8 Å². The summed E-state index contributed by atoms with van der Waals surface area (Å²) in [6.07, 6.45) is 38.9. The largest absolute Gasteiger partial charge is 0.480 e. The third kappa shape index (κ3) is 36.2. The van der Waals surface area contributed by atoms with E-state index in [4.69, 9.17) is 24.8 Å². The Hall–Kier alpha value is -2.56. The fraction of sp³-hybridized carbons (Fsp3) is 0.732. The highest BCUT2D eigenvalue weighted by Crippen LogP contribution is 2.43. The molecule has 0 aliphatic rings. The minimum Gasteiger partial charge on any atom is -0.480 e. The molecule has 0 rings (SSSR count). The van der Waals surface area contributed by atoms with E-state index in [1.165, 1.54) is 32.1 Å². The number of carbonyl (C=O) groups is 3. The fourth-order valence-corrected chi connectivity index (χ4v) is 5.83. The summed E-state index contributed by atoms with van der Waals surface area (Å²) < 4.78 is 32.6. The van der Waals surface area contributed by atoms with Crippen molar-refractivity contribution in [1.29, 1.82) is 0 Å². The van der Waals surface area contributed by atoms with Crippen molar-refractivity contribution < 1.29 is 47.5 Å². The lowest BCUT2D eigenvalue weighted by Gasteiger charge is -2.20. The third-order valence-electron chi connectivity index (χ3n) is 8.30. The number of hydrogen-bond acceptors (Lipinski definition) is 9. The number of ether oxygens (including phenoxy) is 2. The minimum absolute atomic E-state index is 0.140. The second kappa shape index (κ2) is 36.4. The van der Waals surface area contributed by atoms with E-state index >= 15 is 0 Å². The van der Waals surface area contributed by atoms with Crippen LogP contribution in [0.1, 0.15) is 162 Å². The predicted octanol–water partition coefficient (Wildman–Crippen LogP) is 10.2. The molecule has 53 heavy (non-hydrogen) atoms. The average Bonchev–Trinajstić information content (AvgIpc) is 3.13.